The Morgan fingerprint density at radius 2 is 2.07 bits per heavy atom. The molecular weight excluding hydrogens is 406 g/mol. The second-order valence-corrected chi connectivity index (χ2v) is 10.2. The van der Waals surface area contributed by atoms with E-state index >= 15 is 0 Å². The molecule has 2 aromatic rings. The summed E-state index contributed by atoms with van der Waals surface area (Å²) in [5.74, 6) is 1.28. The zero-order chi connectivity index (χ0) is 20.3. The fraction of sp³-hybridized carbons (Fsp3) is 0.400. The monoisotopic (exact) mass is 433 g/mol. The molecule has 0 amide bonds. The van der Waals surface area contributed by atoms with Gasteiger partial charge in [0.15, 0.2) is 0 Å². The number of hydrogen-bond acceptors (Lipinski definition) is 5. The highest BCUT2D eigenvalue weighted by Gasteiger charge is 2.43. The van der Waals surface area contributed by atoms with Crippen LogP contribution in [0.1, 0.15) is 62.6 Å². The van der Waals surface area contributed by atoms with Crippen molar-refractivity contribution in [2.24, 2.45) is 4.99 Å². The molecule has 0 spiro atoms. The van der Waals surface area contributed by atoms with Crippen molar-refractivity contribution in [1.29, 1.82) is 0 Å². The Morgan fingerprint density at radius 1 is 1.17 bits per heavy atom. The molecule has 2 atom stereocenters. The number of hydrogen-bond donors (Lipinski definition) is 0. The van der Waals surface area contributed by atoms with E-state index < -0.39 is 0 Å². The van der Waals surface area contributed by atoms with Crippen LogP contribution < -0.4 is 0 Å². The summed E-state index contributed by atoms with van der Waals surface area (Å²) in [7, 11) is 0. The Kier molecular flexibility index (Phi) is 6.09. The number of nitrogens with zero attached hydrogens (tertiary/aromatic N) is 3. The van der Waals surface area contributed by atoms with Crippen molar-refractivity contribution in [3.05, 3.63) is 65.1 Å². The summed E-state index contributed by atoms with van der Waals surface area (Å²) >= 11 is 3.70. The van der Waals surface area contributed by atoms with Crippen molar-refractivity contribution >= 4 is 35.3 Å². The van der Waals surface area contributed by atoms with E-state index in [-0.39, 0.29) is 5.37 Å². The van der Waals surface area contributed by atoms with Crippen molar-refractivity contribution < 1.29 is 0 Å². The molecule has 3 aliphatic rings. The Hall–Kier alpha value is -1.85. The zero-order valence-corrected chi connectivity index (χ0v) is 19.0. The Bertz CT molecular complexity index is 1010. The average molecular weight is 434 g/mol. The minimum absolute atomic E-state index is 0.264. The first-order valence-corrected chi connectivity index (χ1v) is 12.9. The van der Waals surface area contributed by atoms with Gasteiger partial charge in [0.2, 0.25) is 0 Å². The fourth-order valence-corrected chi connectivity index (χ4v) is 7.01. The summed E-state index contributed by atoms with van der Waals surface area (Å²) in [6.45, 7) is 2.27. The van der Waals surface area contributed by atoms with E-state index in [0.717, 1.165) is 17.2 Å². The lowest BCUT2D eigenvalue weighted by molar-refractivity contribution is 0.687. The van der Waals surface area contributed by atoms with Crippen LogP contribution in [-0.2, 0) is 0 Å². The predicted octanol–water partition coefficient (Wildman–Crippen LogP) is 6.92. The van der Waals surface area contributed by atoms with Gasteiger partial charge in [-0.1, -0.05) is 73.2 Å². The minimum atomic E-state index is 0.264. The molecule has 0 unspecified atom stereocenters. The summed E-state index contributed by atoms with van der Waals surface area (Å²) in [6.07, 6.45) is 13.5. The number of dihydropyridines is 1. The molecule has 154 valence electrons. The van der Waals surface area contributed by atoms with E-state index in [1.165, 1.54) is 54.0 Å². The maximum atomic E-state index is 5.25. The second-order valence-electron chi connectivity index (χ2n) is 8.04. The largest absolute Gasteiger partial charge is 0.274 e. The van der Waals surface area contributed by atoms with E-state index in [1.807, 2.05) is 29.6 Å². The molecule has 0 N–H and O–H groups in total. The lowest BCUT2D eigenvalue weighted by Gasteiger charge is -2.26. The molecule has 0 saturated heterocycles. The molecule has 3 heterocycles. The van der Waals surface area contributed by atoms with Crippen LogP contribution >= 0.6 is 23.5 Å². The van der Waals surface area contributed by atoms with E-state index in [4.69, 9.17) is 9.98 Å². The third-order valence-electron chi connectivity index (χ3n) is 6.08. The van der Waals surface area contributed by atoms with E-state index in [2.05, 4.69) is 48.3 Å². The smallest absolute Gasteiger partial charge is 0.117 e. The summed E-state index contributed by atoms with van der Waals surface area (Å²) in [5.41, 5.74) is 7.05. The Balaban J connectivity index is 1.36. The average Bonchev–Trinajstić information content (AvgIpc) is 3.40. The molecular formula is C25H27N3S2. The van der Waals surface area contributed by atoms with Gasteiger partial charge in [-0.3, -0.25) is 4.99 Å². The van der Waals surface area contributed by atoms with E-state index in [0.29, 0.717) is 5.92 Å². The molecule has 0 saturated carbocycles. The predicted molar refractivity (Wildman–Crippen MR) is 128 cm³/mol. The number of allylic oxidation sites excluding steroid dienone is 1. The molecule has 30 heavy (non-hydrogen) atoms. The lowest BCUT2D eigenvalue weighted by Crippen LogP contribution is -2.21. The quantitative estimate of drug-likeness (QED) is 0.351. The third-order valence-corrected chi connectivity index (χ3v) is 8.41. The fourth-order valence-electron chi connectivity index (χ4n) is 4.67. The summed E-state index contributed by atoms with van der Waals surface area (Å²) in [4.78, 5) is 15.9. The maximum Gasteiger partial charge on any atom is 0.117 e. The number of benzene rings is 1. The number of fused-ring (bicyclic) bond motifs is 4. The third kappa shape index (κ3) is 3.90. The first-order chi connectivity index (χ1) is 14.8. The van der Waals surface area contributed by atoms with Crippen LogP contribution in [0.25, 0.3) is 6.08 Å². The molecule has 1 aromatic carbocycles. The lowest BCUT2D eigenvalue weighted by atomic mass is 9.87. The molecule has 5 heteroatoms. The number of aromatic nitrogens is 2. The maximum absolute atomic E-state index is 5.25. The molecule has 1 aliphatic carbocycles. The topological polar surface area (TPSA) is 38.1 Å². The molecule has 5 rings (SSSR count). The van der Waals surface area contributed by atoms with Crippen LogP contribution in [-0.4, -0.2) is 26.8 Å². The van der Waals surface area contributed by atoms with Gasteiger partial charge < -0.3 is 0 Å². The number of thioether (sulfide) groups is 2. The van der Waals surface area contributed by atoms with Gasteiger partial charge in [-0.25, -0.2) is 9.97 Å². The van der Waals surface area contributed by atoms with Crippen LogP contribution in [0.3, 0.4) is 0 Å². The van der Waals surface area contributed by atoms with Gasteiger partial charge in [0.1, 0.15) is 16.7 Å². The normalized spacial score (nSPS) is 22.2. The van der Waals surface area contributed by atoms with Crippen LogP contribution in [0.2, 0.25) is 0 Å². The molecule has 2 aliphatic heterocycles. The second kappa shape index (κ2) is 9.11. The van der Waals surface area contributed by atoms with Gasteiger partial charge in [0.05, 0.1) is 16.5 Å². The zero-order valence-electron chi connectivity index (χ0n) is 17.4. The highest BCUT2D eigenvalue weighted by atomic mass is 32.2. The summed E-state index contributed by atoms with van der Waals surface area (Å²) in [5, 5.41) is 1.38. The van der Waals surface area contributed by atoms with Gasteiger partial charge >= 0.3 is 0 Å². The van der Waals surface area contributed by atoms with E-state index in [9.17, 15) is 0 Å². The highest BCUT2D eigenvalue weighted by molar-refractivity contribution is 8.02. The number of unbranched alkanes of at least 4 members (excludes halogenated alkanes) is 1. The van der Waals surface area contributed by atoms with Crippen LogP contribution in [0.4, 0.5) is 0 Å². The van der Waals surface area contributed by atoms with Gasteiger partial charge in [0, 0.05) is 11.5 Å². The Morgan fingerprint density at radius 3 is 2.93 bits per heavy atom. The number of rotatable bonds is 7. The molecule has 3 nitrogen and oxygen atoms in total. The standard InChI is InChI=1S/C25H27N3S2/c1-2-3-14-20-18-12-7-13-19(18)21-22-23(30-24(21)28-20)25(27-16-26-22)29-15-8-11-17-9-5-4-6-10-17/h4-6,8-11,16,21,24H,2-3,7,12-15H2,1H3/b11-8+/t21-,24+/m1/s1. The molecule has 1 aromatic heterocycles. The van der Waals surface area contributed by atoms with Crippen molar-refractivity contribution in [2.75, 3.05) is 5.75 Å². The molecule has 0 bridgehead atoms. The Labute approximate surface area is 187 Å². The molecule has 0 fully saturated rings. The molecule has 0 radical (unpaired) electrons. The first kappa shape index (κ1) is 20.1. The SMILES string of the molecule is CCCCC1=N[C@H]2Sc3c(SC/C=C/c4ccccc4)ncnc3[C@H]2C2=C1CCC2. The van der Waals surface area contributed by atoms with Crippen molar-refractivity contribution in [3.8, 4) is 0 Å². The van der Waals surface area contributed by atoms with Crippen LogP contribution in [0.5, 0.6) is 0 Å². The summed E-state index contributed by atoms with van der Waals surface area (Å²) in [6, 6.07) is 10.5. The van der Waals surface area contributed by atoms with Gasteiger partial charge in [-0.15, -0.1) is 11.8 Å². The van der Waals surface area contributed by atoms with Gasteiger partial charge in [-0.05, 0) is 43.2 Å². The van der Waals surface area contributed by atoms with Crippen molar-refractivity contribution in [3.63, 3.8) is 0 Å². The highest BCUT2D eigenvalue weighted by Crippen LogP contribution is 2.56. The van der Waals surface area contributed by atoms with Crippen molar-refractivity contribution in [1.82, 2.24) is 9.97 Å². The van der Waals surface area contributed by atoms with E-state index in [1.54, 1.807) is 17.5 Å². The van der Waals surface area contributed by atoms with Gasteiger partial charge in [-0.2, -0.15) is 0 Å². The summed E-state index contributed by atoms with van der Waals surface area (Å²) < 4.78 is 0. The van der Waals surface area contributed by atoms with Crippen LogP contribution in [0.15, 0.2) is 68.8 Å². The van der Waals surface area contributed by atoms with Crippen molar-refractivity contribution in [2.45, 2.75) is 66.7 Å². The number of aliphatic imine (C=N–C) groups is 1. The van der Waals surface area contributed by atoms with Crippen LogP contribution in [0, 0.1) is 0 Å². The van der Waals surface area contributed by atoms with Gasteiger partial charge in [0.25, 0.3) is 0 Å². The first-order valence-electron chi connectivity index (χ1n) is 11.0. The minimum Gasteiger partial charge on any atom is -0.274 e.